The summed E-state index contributed by atoms with van der Waals surface area (Å²) in [6.45, 7) is 7.24. The van der Waals surface area contributed by atoms with E-state index in [1.54, 1.807) is 14.2 Å². The van der Waals surface area contributed by atoms with Gasteiger partial charge >= 0.3 is 0 Å². The maximum atomic E-state index is 6.09. The Labute approximate surface area is 132 Å². The number of nitrogens with two attached hydrogens (primary N) is 1. The molecule has 4 nitrogen and oxygen atoms in total. The number of ether oxygens (including phenoxy) is 2. The van der Waals surface area contributed by atoms with Crippen molar-refractivity contribution in [3.05, 3.63) is 23.8 Å². The van der Waals surface area contributed by atoms with Gasteiger partial charge in [-0.25, -0.2) is 0 Å². The molecule has 21 heavy (non-hydrogen) atoms. The topological polar surface area (TPSA) is 47.7 Å². The zero-order valence-corrected chi connectivity index (χ0v) is 14.2. The third-order valence-corrected chi connectivity index (χ3v) is 5.21. The van der Waals surface area contributed by atoms with Crippen molar-refractivity contribution >= 4 is 11.8 Å². The molecule has 1 aliphatic rings. The van der Waals surface area contributed by atoms with Gasteiger partial charge in [0, 0.05) is 35.7 Å². The number of nitrogens with zero attached hydrogens (tertiary/aromatic N) is 1. The van der Waals surface area contributed by atoms with Gasteiger partial charge in [-0.1, -0.05) is 0 Å². The molecular formula is C16H26N2O2S. The standard InChI is InChI=1S/C16H26N2O2S/c1-16(2)11-18(7-8-21-16)14(10-17)13-9-12(19-3)5-6-15(13)20-4/h5-6,9,14H,7-8,10-11,17H2,1-4H3. The average molecular weight is 310 g/mol. The second-order valence-corrected chi connectivity index (χ2v) is 7.74. The maximum absolute atomic E-state index is 6.09. The molecule has 0 bridgehead atoms. The lowest BCUT2D eigenvalue weighted by Gasteiger charge is -2.42. The summed E-state index contributed by atoms with van der Waals surface area (Å²) in [7, 11) is 3.39. The number of thioether (sulfide) groups is 1. The largest absolute Gasteiger partial charge is 0.497 e. The first kappa shape index (κ1) is 16.5. The van der Waals surface area contributed by atoms with Crippen molar-refractivity contribution in [1.82, 2.24) is 4.90 Å². The molecule has 1 saturated heterocycles. The van der Waals surface area contributed by atoms with Crippen molar-refractivity contribution in [3.8, 4) is 11.5 Å². The predicted octanol–water partition coefficient (Wildman–Crippen LogP) is 2.53. The zero-order valence-electron chi connectivity index (χ0n) is 13.4. The van der Waals surface area contributed by atoms with Crippen LogP contribution in [0.4, 0.5) is 0 Å². The van der Waals surface area contributed by atoms with Gasteiger partial charge in [0.25, 0.3) is 0 Å². The van der Waals surface area contributed by atoms with E-state index in [-0.39, 0.29) is 10.8 Å². The summed E-state index contributed by atoms with van der Waals surface area (Å²) < 4.78 is 11.1. The Morgan fingerprint density at radius 3 is 2.67 bits per heavy atom. The Kier molecular flexibility index (Phi) is 5.41. The van der Waals surface area contributed by atoms with Crippen molar-refractivity contribution < 1.29 is 9.47 Å². The summed E-state index contributed by atoms with van der Waals surface area (Å²) in [5, 5.41) is 0. The predicted molar refractivity (Wildman–Crippen MR) is 89.5 cm³/mol. The summed E-state index contributed by atoms with van der Waals surface area (Å²) in [5.74, 6) is 2.85. The van der Waals surface area contributed by atoms with Gasteiger partial charge in [0.1, 0.15) is 11.5 Å². The van der Waals surface area contributed by atoms with Crippen LogP contribution in [0.1, 0.15) is 25.5 Å². The monoisotopic (exact) mass is 310 g/mol. The normalized spacial score (nSPS) is 20.0. The SMILES string of the molecule is COc1ccc(OC)c(C(CN)N2CCSC(C)(C)C2)c1. The van der Waals surface area contributed by atoms with Gasteiger partial charge in [0.15, 0.2) is 0 Å². The molecule has 0 aromatic heterocycles. The van der Waals surface area contributed by atoms with E-state index < -0.39 is 0 Å². The van der Waals surface area contributed by atoms with Crippen LogP contribution in [-0.2, 0) is 0 Å². The van der Waals surface area contributed by atoms with Crippen LogP contribution in [0.25, 0.3) is 0 Å². The third kappa shape index (κ3) is 3.84. The van der Waals surface area contributed by atoms with Crippen LogP contribution < -0.4 is 15.2 Å². The van der Waals surface area contributed by atoms with Gasteiger partial charge in [-0.2, -0.15) is 11.8 Å². The quantitative estimate of drug-likeness (QED) is 0.905. The highest BCUT2D eigenvalue weighted by Gasteiger charge is 2.32. The van der Waals surface area contributed by atoms with Crippen LogP contribution in [0.3, 0.4) is 0 Å². The van der Waals surface area contributed by atoms with E-state index in [9.17, 15) is 0 Å². The Morgan fingerprint density at radius 2 is 2.10 bits per heavy atom. The summed E-state index contributed by atoms with van der Waals surface area (Å²) in [4.78, 5) is 2.47. The van der Waals surface area contributed by atoms with Crippen molar-refractivity contribution in [2.75, 3.05) is 39.6 Å². The van der Waals surface area contributed by atoms with Gasteiger partial charge in [0.2, 0.25) is 0 Å². The van der Waals surface area contributed by atoms with Crippen LogP contribution in [0, 0.1) is 0 Å². The smallest absolute Gasteiger partial charge is 0.123 e. The zero-order chi connectivity index (χ0) is 15.5. The number of hydrogen-bond donors (Lipinski definition) is 1. The highest BCUT2D eigenvalue weighted by Crippen LogP contribution is 2.37. The minimum Gasteiger partial charge on any atom is -0.497 e. The third-order valence-electron chi connectivity index (χ3n) is 3.92. The Hall–Kier alpha value is -0.910. The Bertz CT molecular complexity index is 479. The fraction of sp³-hybridized carbons (Fsp3) is 0.625. The first-order valence-electron chi connectivity index (χ1n) is 7.30. The molecule has 0 radical (unpaired) electrons. The second kappa shape index (κ2) is 6.90. The number of methoxy groups -OCH3 is 2. The molecule has 0 amide bonds. The fourth-order valence-corrected chi connectivity index (χ4v) is 4.03. The minimum atomic E-state index is 0.162. The van der Waals surface area contributed by atoms with Crippen LogP contribution in [0.15, 0.2) is 18.2 Å². The molecule has 1 atom stereocenters. The molecule has 0 aliphatic carbocycles. The lowest BCUT2D eigenvalue weighted by molar-refractivity contribution is 0.188. The summed E-state index contributed by atoms with van der Waals surface area (Å²) in [6.07, 6.45) is 0. The summed E-state index contributed by atoms with van der Waals surface area (Å²) >= 11 is 2.03. The highest BCUT2D eigenvalue weighted by atomic mass is 32.2. The summed E-state index contributed by atoms with van der Waals surface area (Å²) in [6, 6.07) is 6.09. The molecule has 0 spiro atoms. The number of hydrogen-bond acceptors (Lipinski definition) is 5. The van der Waals surface area contributed by atoms with Gasteiger partial charge < -0.3 is 15.2 Å². The van der Waals surface area contributed by atoms with E-state index in [1.165, 1.54) is 0 Å². The molecule has 1 heterocycles. The van der Waals surface area contributed by atoms with Crippen molar-refractivity contribution in [1.29, 1.82) is 0 Å². The van der Waals surface area contributed by atoms with Gasteiger partial charge in [-0.15, -0.1) is 0 Å². The minimum absolute atomic E-state index is 0.162. The Morgan fingerprint density at radius 1 is 1.33 bits per heavy atom. The van der Waals surface area contributed by atoms with Gasteiger partial charge in [-0.3, -0.25) is 4.90 Å². The van der Waals surface area contributed by atoms with Crippen LogP contribution in [-0.4, -0.2) is 49.3 Å². The molecule has 1 aromatic rings. The molecular weight excluding hydrogens is 284 g/mol. The fourth-order valence-electron chi connectivity index (χ4n) is 2.89. The summed E-state index contributed by atoms with van der Waals surface area (Å²) in [5.41, 5.74) is 7.21. The molecule has 0 saturated carbocycles. The molecule has 1 fully saturated rings. The van der Waals surface area contributed by atoms with E-state index in [2.05, 4.69) is 18.7 Å². The molecule has 118 valence electrons. The highest BCUT2D eigenvalue weighted by molar-refractivity contribution is 8.00. The van der Waals surface area contributed by atoms with Crippen LogP contribution in [0.5, 0.6) is 11.5 Å². The molecule has 1 aliphatic heterocycles. The molecule has 2 rings (SSSR count). The van der Waals surface area contributed by atoms with Gasteiger partial charge in [-0.05, 0) is 32.0 Å². The van der Waals surface area contributed by atoms with E-state index in [1.807, 2.05) is 30.0 Å². The lowest BCUT2D eigenvalue weighted by Crippen LogP contribution is -2.46. The van der Waals surface area contributed by atoms with Crippen molar-refractivity contribution in [2.45, 2.75) is 24.6 Å². The van der Waals surface area contributed by atoms with Gasteiger partial charge in [0.05, 0.1) is 20.3 Å². The maximum Gasteiger partial charge on any atom is 0.123 e. The molecule has 5 heteroatoms. The number of rotatable bonds is 5. The number of benzene rings is 1. The molecule has 1 unspecified atom stereocenters. The first-order chi connectivity index (χ1) is 10.0. The van der Waals surface area contributed by atoms with Crippen LogP contribution in [0.2, 0.25) is 0 Å². The van der Waals surface area contributed by atoms with E-state index in [0.717, 1.165) is 35.9 Å². The van der Waals surface area contributed by atoms with Crippen molar-refractivity contribution in [3.63, 3.8) is 0 Å². The van der Waals surface area contributed by atoms with E-state index >= 15 is 0 Å². The Balaban J connectivity index is 2.32. The molecule has 1 aromatic carbocycles. The average Bonchev–Trinajstić information content (AvgIpc) is 2.47. The van der Waals surface area contributed by atoms with E-state index in [4.69, 9.17) is 15.2 Å². The lowest BCUT2D eigenvalue weighted by atomic mass is 10.0. The first-order valence-corrected chi connectivity index (χ1v) is 8.29. The van der Waals surface area contributed by atoms with Crippen LogP contribution >= 0.6 is 11.8 Å². The van der Waals surface area contributed by atoms with Crippen molar-refractivity contribution in [2.24, 2.45) is 5.73 Å². The second-order valence-electron chi connectivity index (χ2n) is 5.94. The molecule has 2 N–H and O–H groups in total. The van der Waals surface area contributed by atoms with E-state index in [0.29, 0.717) is 6.54 Å².